The van der Waals surface area contributed by atoms with Gasteiger partial charge in [-0.25, -0.2) is 4.39 Å². The molecule has 0 radical (unpaired) electrons. The maximum absolute atomic E-state index is 13.5. The van der Waals surface area contributed by atoms with Crippen molar-refractivity contribution in [2.45, 2.75) is 25.4 Å². The van der Waals surface area contributed by atoms with E-state index in [1.54, 1.807) is 17.0 Å². The van der Waals surface area contributed by atoms with Gasteiger partial charge in [-0.05, 0) is 6.07 Å². The molecule has 3 N–H and O–H groups in total. The molecule has 2 bridgehead atoms. The van der Waals surface area contributed by atoms with Gasteiger partial charge in [0.05, 0.1) is 13.1 Å². The third kappa shape index (κ3) is 2.35. The predicted molar refractivity (Wildman–Crippen MR) is 64.1 cm³/mol. The number of quaternary nitrogens is 2. The van der Waals surface area contributed by atoms with E-state index < -0.39 is 0 Å². The average Bonchev–Trinajstić information content (AvgIpc) is 2.39. The first-order valence-corrected chi connectivity index (χ1v) is 6.73. The highest BCUT2D eigenvalue weighted by atomic mass is 19.1. The zero-order valence-corrected chi connectivity index (χ0v) is 10.2. The molecule has 1 atom stereocenters. The summed E-state index contributed by atoms with van der Waals surface area (Å²) in [6.45, 7) is 4.78. The molecule has 92 valence electrons. The van der Waals surface area contributed by atoms with E-state index >= 15 is 0 Å². The summed E-state index contributed by atoms with van der Waals surface area (Å²) in [6, 6.07) is 7.86. The number of hydrogen-bond acceptors (Lipinski definition) is 0. The van der Waals surface area contributed by atoms with Crippen LogP contribution in [-0.2, 0) is 6.54 Å². The van der Waals surface area contributed by atoms with Crippen LogP contribution in [0.2, 0.25) is 0 Å². The van der Waals surface area contributed by atoms with Gasteiger partial charge in [0.15, 0.2) is 0 Å². The second-order valence-electron chi connectivity index (χ2n) is 5.49. The molecular weight excluding hydrogens is 215 g/mol. The smallest absolute Gasteiger partial charge is 0.139 e. The number of nitrogens with one attached hydrogen (secondary N) is 1. The van der Waals surface area contributed by atoms with Crippen molar-refractivity contribution in [3.8, 4) is 0 Å². The summed E-state index contributed by atoms with van der Waals surface area (Å²) in [5.74, 6) is 0.816. The van der Waals surface area contributed by atoms with Crippen molar-refractivity contribution in [3.63, 3.8) is 0 Å². The Morgan fingerprint density at radius 1 is 1.24 bits per heavy atom. The molecule has 0 unspecified atom stereocenters. The zero-order chi connectivity index (χ0) is 11.7. The van der Waals surface area contributed by atoms with Crippen LogP contribution >= 0.6 is 0 Å². The summed E-state index contributed by atoms with van der Waals surface area (Å²) in [4.78, 5) is 1.75. The second kappa shape index (κ2) is 4.75. The van der Waals surface area contributed by atoms with Crippen LogP contribution in [0.3, 0.4) is 0 Å². The van der Waals surface area contributed by atoms with Gasteiger partial charge in [0.25, 0.3) is 0 Å². The normalized spacial score (nSPS) is 31.7. The highest BCUT2D eigenvalue weighted by molar-refractivity contribution is 5.15. The van der Waals surface area contributed by atoms with Crippen LogP contribution in [0, 0.1) is 11.7 Å². The van der Waals surface area contributed by atoms with E-state index in [9.17, 15) is 4.39 Å². The number of halogens is 1. The van der Waals surface area contributed by atoms with Gasteiger partial charge in [0.1, 0.15) is 24.9 Å². The Labute approximate surface area is 102 Å². The number of nitrogens with two attached hydrogens (primary N) is 1. The number of piperidine rings is 3. The molecule has 3 heteroatoms. The summed E-state index contributed by atoms with van der Waals surface area (Å²) >= 11 is 0. The number of benzene rings is 1. The van der Waals surface area contributed by atoms with E-state index in [0.717, 1.165) is 18.0 Å². The Kier molecular flexibility index (Phi) is 3.12. The largest absolute Gasteiger partial charge is 0.335 e. The fourth-order valence-electron chi connectivity index (χ4n) is 3.40. The van der Waals surface area contributed by atoms with Crippen LogP contribution in [-0.4, -0.2) is 25.7 Å². The van der Waals surface area contributed by atoms with Gasteiger partial charge >= 0.3 is 0 Å². The Morgan fingerprint density at radius 2 is 2.00 bits per heavy atom. The van der Waals surface area contributed by atoms with E-state index in [1.807, 2.05) is 12.1 Å². The molecule has 3 heterocycles. The number of rotatable bonds is 3. The number of fused-ring (bicyclic) bond motifs is 3. The van der Waals surface area contributed by atoms with E-state index in [4.69, 9.17) is 0 Å². The molecule has 0 amide bonds. The lowest BCUT2D eigenvalue weighted by Gasteiger charge is -2.40. The van der Waals surface area contributed by atoms with Crippen LogP contribution in [0.15, 0.2) is 24.3 Å². The van der Waals surface area contributed by atoms with Gasteiger partial charge in [-0.15, -0.1) is 0 Å². The summed E-state index contributed by atoms with van der Waals surface area (Å²) in [7, 11) is 0. The zero-order valence-electron chi connectivity index (χ0n) is 10.2. The molecule has 3 aliphatic rings. The summed E-state index contributed by atoms with van der Waals surface area (Å²) in [6.07, 6.45) is 2.74. The maximum Gasteiger partial charge on any atom is 0.139 e. The van der Waals surface area contributed by atoms with Crippen LogP contribution < -0.4 is 10.2 Å². The fraction of sp³-hybridized carbons (Fsp3) is 0.571. The minimum Gasteiger partial charge on any atom is -0.335 e. The van der Waals surface area contributed by atoms with Crippen molar-refractivity contribution in [2.24, 2.45) is 5.92 Å². The summed E-state index contributed by atoms with van der Waals surface area (Å²) in [5.41, 5.74) is 0.846. The SMILES string of the molecule is Fc1ccccc1C[NH2+][C@@H]1C[NH+]2CCC1CC2. The first kappa shape index (κ1) is 11.2. The first-order valence-electron chi connectivity index (χ1n) is 6.73. The van der Waals surface area contributed by atoms with Crippen molar-refractivity contribution in [1.82, 2.24) is 0 Å². The van der Waals surface area contributed by atoms with Crippen molar-refractivity contribution < 1.29 is 14.6 Å². The second-order valence-corrected chi connectivity index (χ2v) is 5.49. The van der Waals surface area contributed by atoms with Crippen LogP contribution in [0.25, 0.3) is 0 Å². The van der Waals surface area contributed by atoms with Crippen LogP contribution in [0.4, 0.5) is 4.39 Å². The van der Waals surface area contributed by atoms with E-state index in [0.29, 0.717) is 6.04 Å². The molecule has 4 rings (SSSR count). The van der Waals surface area contributed by atoms with Gasteiger partial charge < -0.3 is 10.2 Å². The quantitative estimate of drug-likeness (QED) is 0.710. The maximum atomic E-state index is 13.5. The van der Waals surface area contributed by atoms with E-state index in [2.05, 4.69) is 5.32 Å². The molecule has 3 saturated heterocycles. The molecule has 3 fully saturated rings. The third-order valence-corrected chi connectivity index (χ3v) is 4.47. The van der Waals surface area contributed by atoms with Crippen LogP contribution in [0.5, 0.6) is 0 Å². The fourth-order valence-corrected chi connectivity index (χ4v) is 3.40. The topological polar surface area (TPSA) is 21.1 Å². The lowest BCUT2D eigenvalue weighted by Crippen LogP contribution is -3.20. The average molecular weight is 236 g/mol. The summed E-state index contributed by atoms with van der Waals surface area (Å²) < 4.78 is 13.5. The Morgan fingerprint density at radius 3 is 2.65 bits per heavy atom. The molecule has 2 nitrogen and oxygen atoms in total. The van der Waals surface area contributed by atoms with Crippen molar-refractivity contribution in [1.29, 1.82) is 0 Å². The lowest BCUT2D eigenvalue weighted by atomic mass is 9.84. The predicted octanol–water partition coefficient (Wildman–Crippen LogP) is -0.434. The summed E-state index contributed by atoms with van der Waals surface area (Å²) in [5, 5.41) is 2.36. The first-order chi connectivity index (χ1) is 8.33. The Hall–Kier alpha value is -0.930. The molecule has 0 aliphatic carbocycles. The van der Waals surface area contributed by atoms with Gasteiger partial charge in [0, 0.05) is 24.3 Å². The standard InChI is InChI=1S/C14H19FN2/c15-13-4-2-1-3-12(13)9-16-14-10-17-7-5-11(14)6-8-17/h1-4,11,14,16H,5-10H2/p+2/t14-/m1/s1. The minimum atomic E-state index is -0.0580. The lowest BCUT2D eigenvalue weighted by molar-refractivity contribution is -0.943. The highest BCUT2D eigenvalue weighted by Gasteiger charge is 2.39. The van der Waals surface area contributed by atoms with E-state index in [1.165, 1.54) is 32.5 Å². The highest BCUT2D eigenvalue weighted by Crippen LogP contribution is 2.15. The van der Waals surface area contributed by atoms with Gasteiger partial charge in [-0.2, -0.15) is 0 Å². The molecule has 0 saturated carbocycles. The minimum absolute atomic E-state index is 0.0580. The van der Waals surface area contributed by atoms with Gasteiger partial charge in [-0.3, -0.25) is 0 Å². The van der Waals surface area contributed by atoms with Crippen LogP contribution in [0.1, 0.15) is 18.4 Å². The van der Waals surface area contributed by atoms with Gasteiger partial charge in [0.2, 0.25) is 0 Å². The Balaban J connectivity index is 1.60. The molecule has 1 aromatic carbocycles. The molecular formula is C14H21FN2+2. The van der Waals surface area contributed by atoms with Crippen molar-refractivity contribution in [3.05, 3.63) is 35.6 Å². The molecule has 0 spiro atoms. The third-order valence-electron chi connectivity index (χ3n) is 4.47. The Bertz CT molecular complexity index is 386. The molecule has 1 aromatic rings. The van der Waals surface area contributed by atoms with E-state index in [-0.39, 0.29) is 5.82 Å². The van der Waals surface area contributed by atoms with Crippen molar-refractivity contribution in [2.75, 3.05) is 19.6 Å². The molecule has 3 aliphatic heterocycles. The van der Waals surface area contributed by atoms with Gasteiger partial charge in [-0.1, -0.05) is 18.2 Å². The molecule has 17 heavy (non-hydrogen) atoms. The number of hydrogen-bond donors (Lipinski definition) is 2. The van der Waals surface area contributed by atoms with Crippen molar-refractivity contribution >= 4 is 0 Å². The molecule has 0 aromatic heterocycles. The monoisotopic (exact) mass is 236 g/mol.